The summed E-state index contributed by atoms with van der Waals surface area (Å²) in [6.45, 7) is 9.27. The van der Waals surface area contributed by atoms with E-state index in [2.05, 4.69) is 143 Å². The van der Waals surface area contributed by atoms with Crippen molar-refractivity contribution in [3.63, 3.8) is 0 Å². The number of aryl methyl sites for hydroxylation is 4. The van der Waals surface area contributed by atoms with E-state index < -0.39 is 7.92 Å². The van der Waals surface area contributed by atoms with Gasteiger partial charge in [0, 0.05) is 24.7 Å². The zero-order valence-corrected chi connectivity index (χ0v) is 33.3. The number of carbonyl (C=O) groups is 1. The van der Waals surface area contributed by atoms with Crippen LogP contribution in [0, 0.1) is 39.5 Å². The Hall–Kier alpha value is -3.80. The third-order valence-electron chi connectivity index (χ3n) is 13.4. The Morgan fingerprint density at radius 1 is 0.472 bits per heavy atom. The molecule has 2 saturated carbocycles. The first-order chi connectivity index (χ1) is 25.9. The van der Waals surface area contributed by atoms with Gasteiger partial charge in [0.15, 0.2) is 0 Å². The Morgan fingerprint density at radius 3 is 1.21 bits per heavy atom. The van der Waals surface area contributed by atoms with E-state index in [1.54, 1.807) is 5.30 Å². The standard InChI is InChI=1S/C51H57OP/c1-34-18-15-19-35(2)47(34)49(40-26-7-5-8-27-40)43-30-17-31-44(50(41-28-9-6-10-29-41)48-36(3)20-16-21-37(48)4)51(43)53-45(38-22-11-12-23-38)32-42(52)33-46(53)39-24-13-14-25-39/h5-10,15-21,26-31,38-39,45-46,49-50H,11-14,22-25,32-33H2,1-4H3. The van der Waals surface area contributed by atoms with Gasteiger partial charge in [0.05, 0.1) is 0 Å². The van der Waals surface area contributed by atoms with Crippen molar-refractivity contribution >= 4 is 19.0 Å². The largest absolute Gasteiger partial charge is 0.300 e. The summed E-state index contributed by atoms with van der Waals surface area (Å²) in [6, 6.07) is 43.9. The second kappa shape index (κ2) is 15.9. The van der Waals surface area contributed by atoms with Crippen LogP contribution in [0.2, 0.25) is 0 Å². The fourth-order valence-corrected chi connectivity index (χ4v) is 15.5. The van der Waals surface area contributed by atoms with Crippen LogP contribution in [0.1, 0.15) is 132 Å². The van der Waals surface area contributed by atoms with Gasteiger partial charge < -0.3 is 0 Å². The molecule has 5 aromatic rings. The van der Waals surface area contributed by atoms with Crippen LogP contribution in [-0.4, -0.2) is 17.1 Å². The number of carbonyl (C=O) groups excluding carboxylic acids is 1. The Labute approximate surface area is 320 Å². The monoisotopic (exact) mass is 716 g/mol. The normalized spacial score (nSPS) is 22.3. The fraction of sp³-hybridized carbons (Fsp3) is 0.392. The van der Waals surface area contributed by atoms with Crippen molar-refractivity contribution in [2.45, 2.75) is 115 Å². The highest BCUT2D eigenvalue weighted by molar-refractivity contribution is 7.67. The first-order valence-corrected chi connectivity index (χ1v) is 22.0. The van der Waals surface area contributed by atoms with Crippen LogP contribution in [-0.2, 0) is 4.79 Å². The quantitative estimate of drug-likeness (QED) is 0.110. The van der Waals surface area contributed by atoms with Crippen LogP contribution in [0.4, 0.5) is 0 Å². The van der Waals surface area contributed by atoms with Gasteiger partial charge in [-0.2, -0.15) is 0 Å². The summed E-state index contributed by atoms with van der Waals surface area (Å²) in [5.74, 6) is 2.03. The summed E-state index contributed by atoms with van der Waals surface area (Å²) in [4.78, 5) is 14.1. The van der Waals surface area contributed by atoms with Gasteiger partial charge in [-0.25, -0.2) is 0 Å². The molecular formula is C51H57OP. The number of benzene rings is 5. The van der Waals surface area contributed by atoms with Crippen molar-refractivity contribution < 1.29 is 4.79 Å². The Balaban J connectivity index is 1.49. The van der Waals surface area contributed by atoms with E-state index >= 15 is 0 Å². The molecule has 0 bridgehead atoms. The second-order valence-corrected chi connectivity index (χ2v) is 19.2. The first kappa shape index (κ1) is 36.2. The minimum atomic E-state index is -0.670. The molecule has 2 aliphatic carbocycles. The van der Waals surface area contributed by atoms with E-state index in [0.29, 0.717) is 28.9 Å². The summed E-state index contributed by atoms with van der Waals surface area (Å²) in [5.41, 5.74) is 14.9. The molecule has 8 rings (SSSR count). The summed E-state index contributed by atoms with van der Waals surface area (Å²) >= 11 is 0. The third-order valence-corrected chi connectivity index (χ3v) is 17.1. The second-order valence-electron chi connectivity index (χ2n) is 16.7. The van der Waals surface area contributed by atoms with Crippen molar-refractivity contribution in [3.8, 4) is 0 Å². The van der Waals surface area contributed by atoms with Crippen molar-refractivity contribution in [2.24, 2.45) is 11.8 Å². The fourth-order valence-electron chi connectivity index (χ4n) is 11.0. The molecule has 2 heteroatoms. The molecule has 4 unspecified atom stereocenters. The molecule has 3 fully saturated rings. The number of rotatable bonds is 9. The van der Waals surface area contributed by atoms with E-state index in [0.717, 1.165) is 12.8 Å². The number of Topliss-reactive ketones (excluding diaryl/α,β-unsaturated/α-hetero) is 1. The van der Waals surface area contributed by atoms with Gasteiger partial charge in [-0.1, -0.05) is 149 Å². The molecule has 5 aromatic carbocycles. The van der Waals surface area contributed by atoms with Crippen LogP contribution >= 0.6 is 7.92 Å². The van der Waals surface area contributed by atoms with E-state index in [1.807, 2.05) is 0 Å². The molecule has 4 atom stereocenters. The van der Waals surface area contributed by atoms with E-state index in [9.17, 15) is 4.79 Å². The molecule has 0 spiro atoms. The van der Waals surface area contributed by atoms with Gasteiger partial charge in [-0.05, 0) is 137 Å². The zero-order valence-electron chi connectivity index (χ0n) is 32.4. The van der Waals surface area contributed by atoms with Crippen molar-refractivity contribution in [2.75, 3.05) is 0 Å². The van der Waals surface area contributed by atoms with Crippen LogP contribution in [0.15, 0.2) is 115 Å². The SMILES string of the molecule is Cc1cccc(C)c1C(c1ccccc1)c1cccc(C(c2ccccc2)c2c(C)cccc2C)c1P1C(C2CCCC2)CC(=O)CC1C1CCCC1. The smallest absolute Gasteiger partial charge is 0.134 e. The minimum Gasteiger partial charge on any atom is -0.300 e. The van der Waals surface area contributed by atoms with E-state index in [-0.39, 0.29) is 11.8 Å². The predicted octanol–water partition coefficient (Wildman–Crippen LogP) is 12.9. The Kier molecular flexibility index (Phi) is 10.9. The van der Waals surface area contributed by atoms with Crippen LogP contribution < -0.4 is 5.30 Å². The lowest BCUT2D eigenvalue weighted by Crippen LogP contribution is -2.41. The van der Waals surface area contributed by atoms with E-state index in [4.69, 9.17) is 0 Å². The van der Waals surface area contributed by atoms with Crippen LogP contribution in [0.3, 0.4) is 0 Å². The highest BCUT2D eigenvalue weighted by Gasteiger charge is 2.47. The molecule has 1 nitrogen and oxygen atoms in total. The zero-order chi connectivity index (χ0) is 36.5. The Morgan fingerprint density at radius 2 is 0.830 bits per heavy atom. The average Bonchev–Trinajstić information content (AvgIpc) is 3.91. The summed E-state index contributed by atoms with van der Waals surface area (Å²) < 4.78 is 0. The maximum absolute atomic E-state index is 14.1. The molecule has 1 aliphatic heterocycles. The molecule has 1 saturated heterocycles. The van der Waals surface area contributed by atoms with E-state index in [1.165, 1.54) is 107 Å². The van der Waals surface area contributed by atoms with Gasteiger partial charge >= 0.3 is 0 Å². The molecule has 0 amide bonds. The van der Waals surface area contributed by atoms with Gasteiger partial charge in [0.2, 0.25) is 0 Å². The maximum atomic E-state index is 14.1. The van der Waals surface area contributed by atoms with Crippen molar-refractivity contribution in [1.29, 1.82) is 0 Å². The topological polar surface area (TPSA) is 17.1 Å². The molecular weight excluding hydrogens is 660 g/mol. The average molecular weight is 717 g/mol. The highest BCUT2D eigenvalue weighted by Crippen LogP contribution is 2.63. The lowest BCUT2D eigenvalue weighted by Gasteiger charge is -2.46. The van der Waals surface area contributed by atoms with Gasteiger partial charge in [0.1, 0.15) is 5.78 Å². The molecule has 0 aromatic heterocycles. The van der Waals surface area contributed by atoms with Crippen molar-refractivity contribution in [1.82, 2.24) is 0 Å². The van der Waals surface area contributed by atoms with Crippen molar-refractivity contribution in [3.05, 3.63) is 171 Å². The molecule has 53 heavy (non-hydrogen) atoms. The summed E-state index contributed by atoms with van der Waals surface area (Å²) in [5, 5.41) is 1.64. The summed E-state index contributed by atoms with van der Waals surface area (Å²) in [6.07, 6.45) is 11.9. The van der Waals surface area contributed by atoms with Crippen LogP contribution in [0.25, 0.3) is 0 Å². The predicted molar refractivity (Wildman–Crippen MR) is 225 cm³/mol. The minimum absolute atomic E-state index is 0.107. The Bertz CT molecular complexity index is 1850. The lowest BCUT2D eigenvalue weighted by molar-refractivity contribution is -0.119. The molecule has 0 N–H and O–H groups in total. The molecule has 1 heterocycles. The summed E-state index contributed by atoms with van der Waals surface area (Å²) in [7, 11) is -0.670. The van der Waals surface area contributed by atoms with Crippen LogP contribution in [0.5, 0.6) is 0 Å². The maximum Gasteiger partial charge on any atom is 0.134 e. The highest BCUT2D eigenvalue weighted by atomic mass is 31.1. The molecule has 272 valence electrons. The van der Waals surface area contributed by atoms with Gasteiger partial charge in [-0.3, -0.25) is 4.79 Å². The van der Waals surface area contributed by atoms with Gasteiger partial charge in [0.25, 0.3) is 0 Å². The number of hydrogen-bond donors (Lipinski definition) is 0. The van der Waals surface area contributed by atoms with Gasteiger partial charge in [-0.15, -0.1) is 0 Å². The first-order valence-electron chi connectivity index (χ1n) is 20.6. The molecule has 3 aliphatic rings. The third kappa shape index (κ3) is 7.12. The molecule has 0 radical (unpaired) electrons. The lowest BCUT2D eigenvalue weighted by atomic mass is 9.77. The number of ketones is 1. The number of hydrogen-bond acceptors (Lipinski definition) is 1.